The zero-order chi connectivity index (χ0) is 24.1. The Labute approximate surface area is 199 Å². The molecule has 1 saturated heterocycles. The van der Waals surface area contributed by atoms with Crippen molar-refractivity contribution in [3.8, 4) is 0 Å². The van der Waals surface area contributed by atoms with Crippen molar-refractivity contribution in [1.82, 2.24) is 9.03 Å². The minimum Gasteiger partial charge on any atom is -0.294 e. The summed E-state index contributed by atoms with van der Waals surface area (Å²) in [4.78, 5) is 25.4. The van der Waals surface area contributed by atoms with Crippen LogP contribution in [0.25, 0.3) is 0 Å². The van der Waals surface area contributed by atoms with Gasteiger partial charge in [-0.15, -0.1) is 0 Å². The molecule has 1 aliphatic heterocycles. The number of carbonyl (C=O) groups excluding carboxylic acids is 2. The third-order valence-corrected chi connectivity index (χ3v) is 9.47. The number of hydrogen-bond acceptors (Lipinski definition) is 4. The second-order valence-electron chi connectivity index (χ2n) is 9.87. The molecule has 8 heteroatoms. The van der Waals surface area contributed by atoms with Gasteiger partial charge in [-0.1, -0.05) is 19.1 Å². The maximum atomic E-state index is 13.1. The van der Waals surface area contributed by atoms with E-state index in [1.165, 1.54) is 24.3 Å². The topological polar surface area (TPSA) is 83.6 Å². The van der Waals surface area contributed by atoms with Gasteiger partial charge in [-0.2, -0.15) is 17.4 Å². The van der Waals surface area contributed by atoms with E-state index in [0.717, 1.165) is 36.8 Å². The van der Waals surface area contributed by atoms with E-state index in [-0.39, 0.29) is 29.8 Å². The summed E-state index contributed by atoms with van der Waals surface area (Å²) in [6, 6.07) is 10.8. The van der Waals surface area contributed by atoms with Gasteiger partial charge in [0.05, 0.1) is 12.0 Å². The molecule has 6 nitrogen and oxygen atoms in total. The van der Waals surface area contributed by atoms with Gasteiger partial charge in [0.25, 0.3) is 10.2 Å². The lowest BCUT2D eigenvalue weighted by Gasteiger charge is -2.33. The number of rotatable bonds is 6. The second kappa shape index (κ2) is 8.66. The summed E-state index contributed by atoms with van der Waals surface area (Å²) in [6.45, 7) is 3.01. The zero-order valence-corrected chi connectivity index (χ0v) is 20.0. The Balaban J connectivity index is 1.37. The average molecular weight is 485 g/mol. The number of halogens is 1. The molecular formula is C26H29FN2O4S. The Morgan fingerprint density at radius 3 is 2.29 bits per heavy atom. The van der Waals surface area contributed by atoms with Crippen LogP contribution in [0.5, 0.6) is 0 Å². The van der Waals surface area contributed by atoms with Crippen molar-refractivity contribution >= 4 is 21.8 Å². The molecule has 2 aliphatic carbocycles. The van der Waals surface area contributed by atoms with Crippen LogP contribution in [0, 0.1) is 17.7 Å². The van der Waals surface area contributed by atoms with Crippen LogP contribution in [0.1, 0.15) is 64.4 Å². The summed E-state index contributed by atoms with van der Waals surface area (Å²) in [7, 11) is -3.48. The highest BCUT2D eigenvalue weighted by atomic mass is 32.2. The van der Waals surface area contributed by atoms with Gasteiger partial charge < -0.3 is 0 Å². The Hall–Kier alpha value is -2.42. The highest BCUT2D eigenvalue weighted by molar-refractivity contribution is 7.87. The maximum Gasteiger partial charge on any atom is 0.280 e. The summed E-state index contributed by atoms with van der Waals surface area (Å²) in [5, 5.41) is 0. The maximum absolute atomic E-state index is 13.1. The number of hydrogen-bond donors (Lipinski definition) is 1. The molecule has 2 bridgehead atoms. The number of fused-ring (bicyclic) bond motifs is 1. The molecule has 2 aromatic carbocycles. The van der Waals surface area contributed by atoms with Gasteiger partial charge in [0.15, 0.2) is 11.6 Å². The first kappa shape index (κ1) is 23.3. The number of ketones is 2. The molecule has 0 unspecified atom stereocenters. The van der Waals surface area contributed by atoms with Crippen molar-refractivity contribution in [1.29, 1.82) is 0 Å². The fourth-order valence-corrected chi connectivity index (χ4v) is 7.93. The van der Waals surface area contributed by atoms with Crippen LogP contribution < -0.4 is 4.72 Å². The predicted octanol–water partition coefficient (Wildman–Crippen LogP) is 3.71. The second-order valence-corrected chi connectivity index (χ2v) is 11.5. The standard InChI is InChI=1S/C26H29FN2O4S/c1-2-11-29-16-26(28-34(29,32)33)21-7-8-22(26)14-20-12-19(4-3-18(20)13-21)25(31)15-24(30)17-5-9-23(27)10-6-17/h3-6,9-10,12,21-22,28H,2,7-8,11,13-16H2,1H3/t21-,22+,26+/m0/s1. The molecule has 1 spiro atoms. The fraction of sp³-hybridized carbons (Fsp3) is 0.462. The number of Topliss-reactive ketones (excluding diaryl/α,β-unsaturated/α-hetero) is 2. The van der Waals surface area contributed by atoms with E-state index < -0.39 is 21.6 Å². The van der Waals surface area contributed by atoms with E-state index in [1.54, 1.807) is 10.4 Å². The third-order valence-electron chi connectivity index (χ3n) is 7.84. The highest BCUT2D eigenvalue weighted by Crippen LogP contribution is 2.50. The molecule has 34 heavy (non-hydrogen) atoms. The first-order chi connectivity index (χ1) is 16.2. The van der Waals surface area contributed by atoms with Crippen molar-refractivity contribution in [3.05, 3.63) is 70.5 Å². The van der Waals surface area contributed by atoms with Gasteiger partial charge in [-0.3, -0.25) is 9.59 Å². The number of carbonyl (C=O) groups is 2. The Bertz CT molecular complexity index is 1240. The molecule has 5 rings (SSSR count). The van der Waals surface area contributed by atoms with E-state index in [1.807, 2.05) is 19.1 Å². The molecule has 180 valence electrons. The summed E-state index contributed by atoms with van der Waals surface area (Å²) in [5.41, 5.74) is 2.56. The molecule has 3 atom stereocenters. The van der Waals surface area contributed by atoms with Crippen molar-refractivity contribution < 1.29 is 22.4 Å². The Kier molecular flexibility index (Phi) is 5.94. The predicted molar refractivity (Wildman–Crippen MR) is 126 cm³/mol. The smallest absolute Gasteiger partial charge is 0.280 e. The summed E-state index contributed by atoms with van der Waals surface area (Å²) >= 11 is 0. The first-order valence-electron chi connectivity index (χ1n) is 11.9. The van der Waals surface area contributed by atoms with Crippen LogP contribution in [-0.4, -0.2) is 42.9 Å². The van der Waals surface area contributed by atoms with Gasteiger partial charge >= 0.3 is 0 Å². The molecule has 2 aromatic rings. The van der Waals surface area contributed by atoms with Gasteiger partial charge in [-0.25, -0.2) is 4.39 Å². The minimum absolute atomic E-state index is 0.168. The van der Waals surface area contributed by atoms with Crippen LogP contribution in [-0.2, 0) is 23.1 Å². The van der Waals surface area contributed by atoms with E-state index in [4.69, 9.17) is 0 Å². The quantitative estimate of drug-likeness (QED) is 0.501. The number of nitrogens with one attached hydrogen (secondary N) is 1. The minimum atomic E-state index is -3.48. The van der Waals surface area contributed by atoms with Gasteiger partial charge in [-0.05, 0) is 85.4 Å². The summed E-state index contributed by atoms with van der Waals surface area (Å²) in [6.07, 6.45) is 3.92. The largest absolute Gasteiger partial charge is 0.294 e. The van der Waals surface area contributed by atoms with Gasteiger partial charge in [0.1, 0.15) is 5.82 Å². The van der Waals surface area contributed by atoms with Gasteiger partial charge in [0.2, 0.25) is 0 Å². The van der Waals surface area contributed by atoms with Crippen molar-refractivity contribution in [2.75, 3.05) is 13.1 Å². The van der Waals surface area contributed by atoms with Gasteiger partial charge in [0, 0.05) is 24.2 Å². The van der Waals surface area contributed by atoms with E-state index >= 15 is 0 Å². The molecule has 0 aromatic heterocycles. The Morgan fingerprint density at radius 1 is 1.00 bits per heavy atom. The highest BCUT2D eigenvalue weighted by Gasteiger charge is 2.59. The van der Waals surface area contributed by atoms with Crippen molar-refractivity contribution in [2.45, 2.75) is 51.0 Å². The lowest BCUT2D eigenvalue weighted by Crippen LogP contribution is -2.52. The SMILES string of the molecule is CCCN1C[C@]2(NS1(=O)=O)[C@@H]1CC[C@H]2Cc2ccc(C(=O)CC(=O)c3ccc(F)cc3)cc2C1. The fourth-order valence-electron chi connectivity index (χ4n) is 6.11. The first-order valence-corrected chi connectivity index (χ1v) is 13.4. The van der Waals surface area contributed by atoms with Crippen molar-refractivity contribution in [2.24, 2.45) is 11.8 Å². The Morgan fingerprint density at radius 2 is 1.62 bits per heavy atom. The summed E-state index contributed by atoms with van der Waals surface area (Å²) in [5.74, 6) is -0.645. The monoisotopic (exact) mass is 484 g/mol. The lowest BCUT2D eigenvalue weighted by atomic mass is 9.79. The molecule has 1 saturated carbocycles. The van der Waals surface area contributed by atoms with Crippen LogP contribution in [0.4, 0.5) is 4.39 Å². The summed E-state index contributed by atoms with van der Waals surface area (Å²) < 4.78 is 43.4. The van der Waals surface area contributed by atoms with Crippen LogP contribution in [0.15, 0.2) is 42.5 Å². The molecule has 3 aliphatic rings. The van der Waals surface area contributed by atoms with E-state index in [9.17, 15) is 22.4 Å². The van der Waals surface area contributed by atoms with E-state index in [0.29, 0.717) is 30.6 Å². The average Bonchev–Trinajstić information content (AvgIpc) is 3.19. The van der Waals surface area contributed by atoms with Crippen LogP contribution in [0.2, 0.25) is 0 Å². The zero-order valence-electron chi connectivity index (χ0n) is 19.2. The molecule has 0 amide bonds. The molecular weight excluding hydrogens is 455 g/mol. The van der Waals surface area contributed by atoms with Crippen LogP contribution in [0.3, 0.4) is 0 Å². The molecule has 0 radical (unpaired) electrons. The molecule has 1 heterocycles. The number of nitrogens with zero attached hydrogens (tertiary/aromatic N) is 1. The third kappa shape index (κ3) is 4.01. The molecule has 2 fully saturated rings. The van der Waals surface area contributed by atoms with Crippen molar-refractivity contribution in [3.63, 3.8) is 0 Å². The van der Waals surface area contributed by atoms with Crippen LogP contribution >= 0.6 is 0 Å². The van der Waals surface area contributed by atoms with E-state index in [2.05, 4.69) is 4.72 Å². The lowest BCUT2D eigenvalue weighted by molar-refractivity contribution is 0.0894. The number of benzene rings is 2. The molecule has 1 N–H and O–H groups in total. The normalized spacial score (nSPS) is 27.5.